The van der Waals surface area contributed by atoms with Gasteiger partial charge in [0.2, 0.25) is 11.9 Å². The lowest BCUT2D eigenvalue weighted by atomic mass is 9.96. The van der Waals surface area contributed by atoms with Gasteiger partial charge >= 0.3 is 5.97 Å². The van der Waals surface area contributed by atoms with E-state index in [0.717, 1.165) is 54.5 Å². The second kappa shape index (κ2) is 13.2. The van der Waals surface area contributed by atoms with Crippen LogP contribution < -0.4 is 20.3 Å². The number of nitrogens with zero attached hydrogens (tertiary/aromatic N) is 5. The predicted octanol–water partition coefficient (Wildman–Crippen LogP) is 5.22. The van der Waals surface area contributed by atoms with Crippen LogP contribution in [0, 0.1) is 0 Å². The molecule has 11 nitrogen and oxygen atoms in total. The Balaban J connectivity index is 1.57. The molecular formula is C33H39N7O4. The van der Waals surface area contributed by atoms with Crippen LogP contribution in [0.3, 0.4) is 0 Å². The van der Waals surface area contributed by atoms with Crippen molar-refractivity contribution in [2.24, 2.45) is 7.05 Å². The molecule has 0 bridgehead atoms. The number of rotatable bonds is 12. The number of esters is 1. The van der Waals surface area contributed by atoms with Gasteiger partial charge in [0, 0.05) is 62.1 Å². The molecule has 0 atom stereocenters. The van der Waals surface area contributed by atoms with E-state index in [1.807, 2.05) is 74.2 Å². The van der Waals surface area contributed by atoms with Crippen LogP contribution in [0.4, 0.5) is 23.0 Å². The van der Waals surface area contributed by atoms with Gasteiger partial charge in [0.15, 0.2) is 0 Å². The minimum absolute atomic E-state index is 0.0801. The number of likely N-dealkylation sites (N-methyl/N-ethyl adjacent to an activating group) is 2. The van der Waals surface area contributed by atoms with Crippen molar-refractivity contribution in [2.75, 3.05) is 56.9 Å². The molecule has 1 amide bonds. The first kappa shape index (κ1) is 30.6. The summed E-state index contributed by atoms with van der Waals surface area (Å²) in [5, 5.41) is 7.12. The lowest BCUT2D eigenvalue weighted by Gasteiger charge is -2.26. The van der Waals surface area contributed by atoms with Gasteiger partial charge in [-0.25, -0.2) is 14.8 Å². The third kappa shape index (κ3) is 6.52. The Morgan fingerprint density at radius 1 is 1.14 bits per heavy atom. The zero-order valence-electron chi connectivity index (χ0n) is 25.9. The number of nitrogens with one attached hydrogen (secondary N) is 2. The van der Waals surface area contributed by atoms with E-state index in [9.17, 15) is 9.59 Å². The van der Waals surface area contributed by atoms with Crippen LogP contribution in [0.1, 0.15) is 29.6 Å². The van der Waals surface area contributed by atoms with Gasteiger partial charge in [0.1, 0.15) is 17.4 Å². The lowest BCUT2D eigenvalue weighted by Crippen LogP contribution is -2.29. The van der Waals surface area contributed by atoms with Crippen molar-refractivity contribution >= 4 is 45.8 Å². The predicted molar refractivity (Wildman–Crippen MR) is 174 cm³/mol. The first-order valence-electron chi connectivity index (χ1n) is 14.6. The standard InChI is InChI=1S/C33H39N7O4/c1-7-30(41)35-25-17-26(29(43-6)18-28(25)39(4)16-15-38(2)3)36-33-34-19-23(32(42)44-21-11-10-12-21)31(37-33)24-20-40(5)27-14-9-8-13-22(24)27/h7-9,13-14,17-21H,1,10-12,15-16H2,2-6H3,(H,35,41)(H,34,36,37). The van der Waals surface area contributed by atoms with Crippen molar-refractivity contribution in [3.63, 3.8) is 0 Å². The summed E-state index contributed by atoms with van der Waals surface area (Å²) in [4.78, 5) is 39.2. The van der Waals surface area contributed by atoms with E-state index in [2.05, 4.69) is 27.1 Å². The zero-order valence-corrected chi connectivity index (χ0v) is 25.9. The highest BCUT2D eigenvalue weighted by Gasteiger charge is 2.27. The number of benzene rings is 2. The Morgan fingerprint density at radius 2 is 1.91 bits per heavy atom. The fourth-order valence-electron chi connectivity index (χ4n) is 5.06. The van der Waals surface area contributed by atoms with Gasteiger partial charge in [0.25, 0.3) is 0 Å². The van der Waals surface area contributed by atoms with E-state index in [1.54, 1.807) is 13.2 Å². The first-order valence-corrected chi connectivity index (χ1v) is 14.6. The number of para-hydroxylation sites is 1. The second-order valence-corrected chi connectivity index (χ2v) is 11.2. The van der Waals surface area contributed by atoms with Gasteiger partial charge in [-0.15, -0.1) is 0 Å². The van der Waals surface area contributed by atoms with Crippen molar-refractivity contribution in [1.82, 2.24) is 19.4 Å². The Morgan fingerprint density at radius 3 is 2.59 bits per heavy atom. The third-order valence-corrected chi connectivity index (χ3v) is 7.79. The number of anilines is 4. The smallest absolute Gasteiger partial charge is 0.342 e. The van der Waals surface area contributed by atoms with Crippen LogP contribution in [0.5, 0.6) is 5.75 Å². The van der Waals surface area contributed by atoms with Gasteiger partial charge in [0.05, 0.1) is 29.9 Å². The first-order chi connectivity index (χ1) is 21.2. The van der Waals surface area contributed by atoms with E-state index in [1.165, 1.54) is 12.3 Å². The maximum atomic E-state index is 13.3. The SMILES string of the molecule is C=CC(=O)Nc1cc(Nc2ncc(C(=O)OC3CCC3)c(-c3cn(C)c4ccccc34)n2)c(OC)cc1N(C)CCN(C)C. The normalized spacial score (nSPS) is 13.0. The number of methoxy groups -OCH3 is 1. The van der Waals surface area contributed by atoms with Gasteiger partial charge < -0.3 is 34.5 Å². The molecule has 4 aromatic rings. The monoisotopic (exact) mass is 597 g/mol. The number of aryl methyl sites for hydroxylation is 1. The van der Waals surface area contributed by atoms with E-state index >= 15 is 0 Å². The molecule has 2 aromatic heterocycles. The fourth-order valence-corrected chi connectivity index (χ4v) is 5.06. The molecule has 11 heteroatoms. The quantitative estimate of drug-likeness (QED) is 0.168. The molecule has 0 saturated heterocycles. The molecule has 1 saturated carbocycles. The van der Waals surface area contributed by atoms with Crippen molar-refractivity contribution in [3.05, 3.63) is 67.0 Å². The number of amides is 1. The van der Waals surface area contributed by atoms with E-state index in [-0.39, 0.29) is 18.0 Å². The van der Waals surface area contributed by atoms with Crippen LogP contribution in [0.2, 0.25) is 0 Å². The summed E-state index contributed by atoms with van der Waals surface area (Å²) in [6.45, 7) is 5.13. The summed E-state index contributed by atoms with van der Waals surface area (Å²) < 4.78 is 13.5. The second-order valence-electron chi connectivity index (χ2n) is 11.2. The molecule has 0 radical (unpaired) electrons. The van der Waals surface area contributed by atoms with Crippen LogP contribution in [-0.4, -0.2) is 78.8 Å². The summed E-state index contributed by atoms with van der Waals surface area (Å²) in [6.07, 6.45) is 7.38. The highest BCUT2D eigenvalue weighted by atomic mass is 16.5. The van der Waals surface area contributed by atoms with Crippen molar-refractivity contribution < 1.29 is 19.1 Å². The highest BCUT2D eigenvalue weighted by molar-refractivity contribution is 6.04. The minimum atomic E-state index is -0.443. The Bertz CT molecular complexity index is 1690. The fraction of sp³-hybridized carbons (Fsp3) is 0.333. The van der Waals surface area contributed by atoms with Crippen molar-refractivity contribution in [2.45, 2.75) is 25.4 Å². The molecule has 0 spiro atoms. The lowest BCUT2D eigenvalue weighted by molar-refractivity contribution is -0.111. The highest BCUT2D eigenvalue weighted by Crippen LogP contribution is 2.39. The Kier molecular flexibility index (Phi) is 9.15. The largest absolute Gasteiger partial charge is 0.494 e. The van der Waals surface area contributed by atoms with Crippen molar-refractivity contribution in [1.29, 1.82) is 0 Å². The number of hydrogen-bond donors (Lipinski definition) is 2. The molecule has 0 aliphatic heterocycles. The van der Waals surface area contributed by atoms with Gasteiger partial charge in [-0.1, -0.05) is 24.8 Å². The maximum absolute atomic E-state index is 13.3. The van der Waals surface area contributed by atoms with Crippen molar-refractivity contribution in [3.8, 4) is 17.0 Å². The van der Waals surface area contributed by atoms with E-state index < -0.39 is 5.97 Å². The molecule has 1 fully saturated rings. The maximum Gasteiger partial charge on any atom is 0.342 e. The summed E-state index contributed by atoms with van der Waals surface area (Å²) >= 11 is 0. The molecule has 2 N–H and O–H groups in total. The molecule has 0 unspecified atom stereocenters. The summed E-state index contributed by atoms with van der Waals surface area (Å²) in [7, 11) is 9.50. The molecule has 230 valence electrons. The molecule has 2 heterocycles. The molecule has 1 aliphatic carbocycles. The summed E-state index contributed by atoms with van der Waals surface area (Å²) in [5.74, 6) is -0.00766. The van der Waals surface area contributed by atoms with Gasteiger partial charge in [-0.05, 0) is 51.6 Å². The molecular weight excluding hydrogens is 558 g/mol. The van der Waals surface area contributed by atoms with E-state index in [0.29, 0.717) is 28.4 Å². The number of aromatic nitrogens is 3. The molecule has 44 heavy (non-hydrogen) atoms. The third-order valence-electron chi connectivity index (χ3n) is 7.79. The van der Waals surface area contributed by atoms with Crippen LogP contribution in [0.15, 0.2) is 61.4 Å². The molecule has 5 rings (SSSR count). The van der Waals surface area contributed by atoms with Crippen LogP contribution in [0.25, 0.3) is 22.2 Å². The zero-order chi connectivity index (χ0) is 31.4. The topological polar surface area (TPSA) is 114 Å². The van der Waals surface area contributed by atoms with Gasteiger partial charge in [-0.3, -0.25) is 4.79 Å². The van der Waals surface area contributed by atoms with Crippen LogP contribution >= 0.6 is 0 Å². The number of carbonyl (C=O) groups excluding carboxylic acids is 2. The Labute approximate surface area is 257 Å². The average Bonchev–Trinajstić information content (AvgIpc) is 3.33. The van der Waals surface area contributed by atoms with E-state index in [4.69, 9.17) is 14.5 Å². The number of hydrogen-bond acceptors (Lipinski definition) is 9. The van der Waals surface area contributed by atoms with Crippen LogP contribution in [-0.2, 0) is 16.6 Å². The summed E-state index contributed by atoms with van der Waals surface area (Å²) in [6, 6.07) is 11.6. The minimum Gasteiger partial charge on any atom is -0.494 e. The average molecular weight is 598 g/mol. The molecule has 1 aliphatic rings. The summed E-state index contributed by atoms with van der Waals surface area (Å²) in [5.41, 5.74) is 4.42. The molecule has 2 aromatic carbocycles. The number of carbonyl (C=O) groups is 2. The van der Waals surface area contributed by atoms with Gasteiger partial charge in [-0.2, -0.15) is 0 Å². The number of fused-ring (bicyclic) bond motifs is 1. The Hall–Kier alpha value is -4.90. The number of ether oxygens (including phenoxy) is 2.